The van der Waals surface area contributed by atoms with Crippen molar-refractivity contribution in [2.24, 2.45) is 0 Å². The summed E-state index contributed by atoms with van der Waals surface area (Å²) in [6.07, 6.45) is 3.78. The SMILES string of the molecule is COc1ccccc1NC(=O)Cc1noc(CN2CCCCC2)n1. The van der Waals surface area contributed by atoms with Crippen molar-refractivity contribution >= 4 is 11.6 Å². The van der Waals surface area contributed by atoms with Crippen molar-refractivity contribution in [3.63, 3.8) is 0 Å². The van der Waals surface area contributed by atoms with Gasteiger partial charge in [0.2, 0.25) is 11.8 Å². The minimum atomic E-state index is -0.204. The summed E-state index contributed by atoms with van der Waals surface area (Å²) in [4.78, 5) is 18.8. The Labute approximate surface area is 141 Å². The molecule has 1 amide bonds. The number of hydrogen-bond donors (Lipinski definition) is 1. The van der Waals surface area contributed by atoms with Crippen LogP contribution in [-0.2, 0) is 17.8 Å². The van der Waals surface area contributed by atoms with Crippen molar-refractivity contribution in [1.82, 2.24) is 15.0 Å². The van der Waals surface area contributed by atoms with E-state index in [0.717, 1.165) is 13.1 Å². The predicted octanol–water partition coefficient (Wildman–Crippen LogP) is 2.25. The van der Waals surface area contributed by atoms with Gasteiger partial charge in [0.25, 0.3) is 0 Å². The highest BCUT2D eigenvalue weighted by atomic mass is 16.5. The quantitative estimate of drug-likeness (QED) is 0.875. The summed E-state index contributed by atoms with van der Waals surface area (Å²) < 4.78 is 10.5. The van der Waals surface area contributed by atoms with Crippen molar-refractivity contribution in [2.75, 3.05) is 25.5 Å². The summed E-state index contributed by atoms with van der Waals surface area (Å²) >= 11 is 0. The van der Waals surface area contributed by atoms with E-state index in [1.54, 1.807) is 19.2 Å². The van der Waals surface area contributed by atoms with E-state index in [-0.39, 0.29) is 12.3 Å². The van der Waals surface area contributed by atoms with E-state index in [0.29, 0.717) is 29.7 Å². The Hall–Kier alpha value is -2.41. The van der Waals surface area contributed by atoms with Crippen molar-refractivity contribution in [1.29, 1.82) is 0 Å². The molecule has 3 rings (SSSR count). The Bertz CT molecular complexity index is 680. The monoisotopic (exact) mass is 330 g/mol. The largest absolute Gasteiger partial charge is 0.495 e. The lowest BCUT2D eigenvalue weighted by atomic mass is 10.1. The molecule has 0 bridgehead atoms. The maximum Gasteiger partial charge on any atom is 0.240 e. The molecule has 1 fully saturated rings. The van der Waals surface area contributed by atoms with Gasteiger partial charge in [-0.15, -0.1) is 0 Å². The first-order valence-corrected chi connectivity index (χ1v) is 8.21. The van der Waals surface area contributed by atoms with E-state index >= 15 is 0 Å². The number of aromatic nitrogens is 2. The van der Waals surface area contributed by atoms with Crippen LogP contribution in [-0.4, -0.2) is 41.1 Å². The van der Waals surface area contributed by atoms with Gasteiger partial charge >= 0.3 is 0 Å². The molecule has 2 heterocycles. The molecule has 1 saturated heterocycles. The van der Waals surface area contributed by atoms with Crippen molar-refractivity contribution in [2.45, 2.75) is 32.2 Å². The van der Waals surface area contributed by atoms with Crippen LogP contribution in [0.1, 0.15) is 31.0 Å². The molecule has 0 spiro atoms. The van der Waals surface area contributed by atoms with Gasteiger partial charge in [-0.05, 0) is 38.1 Å². The normalized spacial score (nSPS) is 15.2. The Morgan fingerprint density at radius 3 is 2.88 bits per heavy atom. The second kappa shape index (κ2) is 7.92. The molecule has 2 aromatic rings. The third-order valence-electron chi connectivity index (χ3n) is 4.02. The van der Waals surface area contributed by atoms with Crippen molar-refractivity contribution in [3.05, 3.63) is 36.0 Å². The van der Waals surface area contributed by atoms with E-state index in [1.165, 1.54) is 19.3 Å². The number of carbonyl (C=O) groups excluding carboxylic acids is 1. The van der Waals surface area contributed by atoms with E-state index in [9.17, 15) is 4.79 Å². The topological polar surface area (TPSA) is 80.5 Å². The van der Waals surface area contributed by atoms with Gasteiger partial charge in [0.05, 0.1) is 25.8 Å². The van der Waals surface area contributed by atoms with Gasteiger partial charge < -0.3 is 14.6 Å². The molecule has 1 aliphatic rings. The highest BCUT2D eigenvalue weighted by Gasteiger charge is 2.16. The Morgan fingerprint density at radius 2 is 2.08 bits per heavy atom. The molecule has 1 aromatic heterocycles. The van der Waals surface area contributed by atoms with Crippen LogP contribution >= 0.6 is 0 Å². The van der Waals surface area contributed by atoms with Gasteiger partial charge in [0.1, 0.15) is 5.75 Å². The summed E-state index contributed by atoms with van der Waals surface area (Å²) in [6, 6.07) is 7.26. The predicted molar refractivity (Wildman–Crippen MR) is 88.8 cm³/mol. The number of methoxy groups -OCH3 is 1. The molecule has 1 aromatic carbocycles. The van der Waals surface area contributed by atoms with Gasteiger partial charge in [-0.1, -0.05) is 23.7 Å². The lowest BCUT2D eigenvalue weighted by Gasteiger charge is -2.24. The van der Waals surface area contributed by atoms with E-state index in [2.05, 4.69) is 20.4 Å². The molecule has 128 valence electrons. The molecule has 0 radical (unpaired) electrons. The van der Waals surface area contributed by atoms with Gasteiger partial charge in [0.15, 0.2) is 5.82 Å². The number of hydrogen-bond acceptors (Lipinski definition) is 6. The maximum absolute atomic E-state index is 12.2. The fraction of sp³-hybridized carbons (Fsp3) is 0.471. The number of amides is 1. The molecule has 7 nitrogen and oxygen atoms in total. The minimum Gasteiger partial charge on any atom is -0.495 e. The first-order chi connectivity index (χ1) is 11.7. The van der Waals surface area contributed by atoms with Crippen LogP contribution in [0.4, 0.5) is 5.69 Å². The van der Waals surface area contributed by atoms with Crippen LogP contribution in [0, 0.1) is 0 Å². The summed E-state index contributed by atoms with van der Waals surface area (Å²) in [5, 5.41) is 6.71. The number of ether oxygens (including phenoxy) is 1. The van der Waals surface area contributed by atoms with Crippen LogP contribution in [0.5, 0.6) is 5.75 Å². The van der Waals surface area contributed by atoms with Gasteiger partial charge in [-0.2, -0.15) is 4.98 Å². The molecule has 7 heteroatoms. The summed E-state index contributed by atoms with van der Waals surface area (Å²) in [7, 11) is 1.57. The van der Waals surface area contributed by atoms with Gasteiger partial charge in [-0.3, -0.25) is 9.69 Å². The molecule has 0 unspecified atom stereocenters. The number of rotatable bonds is 6. The van der Waals surface area contributed by atoms with Crippen LogP contribution in [0.15, 0.2) is 28.8 Å². The third kappa shape index (κ3) is 4.32. The van der Waals surface area contributed by atoms with E-state index in [1.807, 2.05) is 12.1 Å². The first-order valence-electron chi connectivity index (χ1n) is 8.21. The molecular formula is C17H22N4O3. The molecule has 0 saturated carbocycles. The zero-order valence-electron chi connectivity index (χ0n) is 13.8. The highest BCUT2D eigenvalue weighted by molar-refractivity contribution is 5.93. The smallest absolute Gasteiger partial charge is 0.240 e. The average molecular weight is 330 g/mol. The average Bonchev–Trinajstić information content (AvgIpc) is 3.03. The number of benzene rings is 1. The summed E-state index contributed by atoms with van der Waals surface area (Å²) in [5.41, 5.74) is 0.627. The fourth-order valence-corrected chi connectivity index (χ4v) is 2.82. The molecule has 1 N–H and O–H groups in total. The van der Waals surface area contributed by atoms with Crippen molar-refractivity contribution < 1.29 is 14.1 Å². The molecular weight excluding hydrogens is 308 g/mol. The minimum absolute atomic E-state index is 0.0710. The Morgan fingerprint density at radius 1 is 1.29 bits per heavy atom. The fourth-order valence-electron chi connectivity index (χ4n) is 2.82. The van der Waals surface area contributed by atoms with Crippen LogP contribution in [0.2, 0.25) is 0 Å². The first kappa shape index (κ1) is 16.4. The number of para-hydroxylation sites is 2. The number of nitrogens with one attached hydrogen (secondary N) is 1. The van der Waals surface area contributed by atoms with Gasteiger partial charge in [0, 0.05) is 0 Å². The lowest BCUT2D eigenvalue weighted by Crippen LogP contribution is -2.29. The molecule has 0 aliphatic carbocycles. The number of piperidine rings is 1. The van der Waals surface area contributed by atoms with Gasteiger partial charge in [-0.25, -0.2) is 0 Å². The second-order valence-corrected chi connectivity index (χ2v) is 5.87. The Balaban J connectivity index is 1.55. The molecule has 0 atom stereocenters. The van der Waals surface area contributed by atoms with Crippen LogP contribution in [0.3, 0.4) is 0 Å². The summed E-state index contributed by atoms with van der Waals surface area (Å²) in [6.45, 7) is 2.78. The standard InChI is InChI=1S/C17H22N4O3/c1-23-14-8-4-3-7-13(14)18-16(22)11-15-19-17(24-20-15)12-21-9-5-2-6-10-21/h3-4,7-8H,2,5-6,9-12H2,1H3,(H,18,22). The molecule has 24 heavy (non-hydrogen) atoms. The zero-order chi connectivity index (χ0) is 16.8. The maximum atomic E-state index is 12.2. The zero-order valence-corrected chi connectivity index (χ0v) is 13.8. The van der Waals surface area contributed by atoms with Crippen molar-refractivity contribution in [3.8, 4) is 5.75 Å². The van der Waals surface area contributed by atoms with E-state index in [4.69, 9.17) is 9.26 Å². The Kier molecular flexibility index (Phi) is 5.43. The molecule has 1 aliphatic heterocycles. The number of anilines is 1. The lowest BCUT2D eigenvalue weighted by molar-refractivity contribution is -0.115. The van der Waals surface area contributed by atoms with E-state index < -0.39 is 0 Å². The number of nitrogens with zero attached hydrogens (tertiary/aromatic N) is 3. The van der Waals surface area contributed by atoms with Crippen LogP contribution < -0.4 is 10.1 Å². The third-order valence-corrected chi connectivity index (χ3v) is 4.02. The van der Waals surface area contributed by atoms with Crippen LogP contribution in [0.25, 0.3) is 0 Å². The highest BCUT2D eigenvalue weighted by Crippen LogP contribution is 2.23. The number of carbonyl (C=O) groups is 1. The number of likely N-dealkylation sites (tertiary alicyclic amines) is 1. The summed E-state index contributed by atoms with van der Waals surface area (Å²) in [5.74, 6) is 1.38. The second-order valence-electron chi connectivity index (χ2n) is 5.87.